The quantitative estimate of drug-likeness (QED) is 0.714. The van der Waals surface area contributed by atoms with Crippen molar-refractivity contribution in [3.05, 3.63) is 42.1 Å². The normalized spacial score (nSPS) is 10.8. The Hall–Kier alpha value is -1.41. The fraction of sp³-hybridized carbons (Fsp3) is 0.357. The molecule has 0 saturated heterocycles. The van der Waals surface area contributed by atoms with Crippen molar-refractivity contribution in [2.24, 2.45) is 0 Å². The highest BCUT2D eigenvalue weighted by atomic mass is 16.5. The minimum Gasteiger partial charge on any atom is -0.382 e. The van der Waals surface area contributed by atoms with Gasteiger partial charge >= 0.3 is 0 Å². The van der Waals surface area contributed by atoms with E-state index in [0.29, 0.717) is 0 Å². The van der Waals surface area contributed by atoms with Crippen LogP contribution in [0.1, 0.15) is 18.9 Å². The maximum absolute atomic E-state index is 5.32. The monoisotopic (exact) mass is 215 g/mol. The van der Waals surface area contributed by atoms with E-state index in [1.807, 2.05) is 31.3 Å². The first-order valence-corrected chi connectivity index (χ1v) is 5.81. The first kappa shape index (κ1) is 11.1. The summed E-state index contributed by atoms with van der Waals surface area (Å²) in [6, 6.07) is 10.4. The molecule has 0 fully saturated rings. The molecule has 0 saturated carbocycles. The maximum Gasteiger partial charge on any atom is 0.0702 e. The molecule has 0 amide bonds. The number of fused-ring (bicyclic) bond motifs is 1. The van der Waals surface area contributed by atoms with Gasteiger partial charge in [0, 0.05) is 24.8 Å². The highest BCUT2D eigenvalue weighted by molar-refractivity contribution is 5.78. The molecule has 0 aliphatic carbocycles. The van der Waals surface area contributed by atoms with Crippen molar-refractivity contribution in [2.45, 2.75) is 19.8 Å². The third kappa shape index (κ3) is 2.80. The molecule has 84 valence electrons. The Morgan fingerprint density at radius 2 is 2.12 bits per heavy atom. The largest absolute Gasteiger partial charge is 0.382 e. The van der Waals surface area contributed by atoms with Crippen LogP contribution in [-0.2, 0) is 11.2 Å². The van der Waals surface area contributed by atoms with E-state index in [0.717, 1.165) is 31.6 Å². The van der Waals surface area contributed by atoms with Gasteiger partial charge in [0.25, 0.3) is 0 Å². The van der Waals surface area contributed by atoms with Crippen molar-refractivity contribution >= 4 is 10.9 Å². The lowest BCUT2D eigenvalue weighted by Crippen LogP contribution is -1.96. The van der Waals surface area contributed by atoms with E-state index in [4.69, 9.17) is 4.74 Å². The number of nitrogens with zero attached hydrogens (tertiary/aromatic N) is 1. The Labute approximate surface area is 96.3 Å². The van der Waals surface area contributed by atoms with Crippen LogP contribution in [0.5, 0.6) is 0 Å². The van der Waals surface area contributed by atoms with E-state index in [2.05, 4.69) is 17.1 Å². The minimum absolute atomic E-state index is 0.802. The van der Waals surface area contributed by atoms with Crippen molar-refractivity contribution in [1.82, 2.24) is 4.98 Å². The van der Waals surface area contributed by atoms with Gasteiger partial charge in [0.2, 0.25) is 0 Å². The second-order valence-corrected chi connectivity index (χ2v) is 3.84. The molecular weight excluding hydrogens is 198 g/mol. The van der Waals surface area contributed by atoms with Crippen molar-refractivity contribution in [3.8, 4) is 0 Å². The number of pyridine rings is 1. The fourth-order valence-electron chi connectivity index (χ4n) is 1.78. The average Bonchev–Trinajstić information content (AvgIpc) is 2.34. The van der Waals surface area contributed by atoms with Gasteiger partial charge in [-0.3, -0.25) is 4.98 Å². The second-order valence-electron chi connectivity index (χ2n) is 3.84. The predicted octanol–water partition coefficient (Wildman–Crippen LogP) is 3.20. The molecule has 0 aliphatic heterocycles. The van der Waals surface area contributed by atoms with Gasteiger partial charge in [-0.25, -0.2) is 0 Å². The summed E-state index contributed by atoms with van der Waals surface area (Å²) in [5.41, 5.74) is 2.36. The molecule has 1 aromatic heterocycles. The van der Waals surface area contributed by atoms with Gasteiger partial charge < -0.3 is 4.74 Å². The van der Waals surface area contributed by atoms with Gasteiger partial charge in [-0.2, -0.15) is 0 Å². The van der Waals surface area contributed by atoms with Crippen LogP contribution in [0.3, 0.4) is 0 Å². The SMILES string of the molecule is CCOCCCc1cnc2ccccc2c1. The molecule has 0 unspecified atom stereocenters. The predicted molar refractivity (Wildman–Crippen MR) is 66.6 cm³/mol. The van der Waals surface area contributed by atoms with Crippen molar-refractivity contribution < 1.29 is 4.74 Å². The number of hydrogen-bond donors (Lipinski definition) is 0. The van der Waals surface area contributed by atoms with Crippen LogP contribution in [0.15, 0.2) is 36.5 Å². The Morgan fingerprint density at radius 3 is 3.00 bits per heavy atom. The fourth-order valence-corrected chi connectivity index (χ4v) is 1.78. The molecule has 2 aromatic rings. The molecular formula is C14H17NO. The molecule has 0 N–H and O–H groups in total. The second kappa shape index (κ2) is 5.61. The lowest BCUT2D eigenvalue weighted by Gasteiger charge is -2.03. The van der Waals surface area contributed by atoms with Gasteiger partial charge in [0.1, 0.15) is 0 Å². The number of benzene rings is 1. The van der Waals surface area contributed by atoms with Crippen LogP contribution in [0.4, 0.5) is 0 Å². The van der Waals surface area contributed by atoms with E-state index in [1.165, 1.54) is 10.9 Å². The average molecular weight is 215 g/mol. The minimum atomic E-state index is 0.802. The lowest BCUT2D eigenvalue weighted by atomic mass is 10.1. The zero-order chi connectivity index (χ0) is 11.2. The first-order valence-electron chi connectivity index (χ1n) is 5.81. The zero-order valence-electron chi connectivity index (χ0n) is 9.65. The summed E-state index contributed by atoms with van der Waals surface area (Å²) in [4.78, 5) is 4.44. The van der Waals surface area contributed by atoms with E-state index < -0.39 is 0 Å². The third-order valence-corrected chi connectivity index (χ3v) is 2.61. The summed E-state index contributed by atoms with van der Waals surface area (Å²) in [6.07, 6.45) is 4.07. The van der Waals surface area contributed by atoms with Gasteiger partial charge in [0.05, 0.1) is 5.52 Å². The molecule has 0 radical (unpaired) electrons. The summed E-state index contributed by atoms with van der Waals surface area (Å²) in [5.74, 6) is 0. The third-order valence-electron chi connectivity index (χ3n) is 2.61. The highest BCUT2D eigenvalue weighted by Gasteiger charge is 1.97. The topological polar surface area (TPSA) is 22.1 Å². The lowest BCUT2D eigenvalue weighted by molar-refractivity contribution is 0.145. The number of hydrogen-bond acceptors (Lipinski definition) is 2. The van der Waals surface area contributed by atoms with Gasteiger partial charge in [-0.05, 0) is 37.5 Å². The summed E-state index contributed by atoms with van der Waals surface area (Å²) >= 11 is 0. The number of rotatable bonds is 5. The van der Waals surface area contributed by atoms with Crippen molar-refractivity contribution in [2.75, 3.05) is 13.2 Å². The van der Waals surface area contributed by atoms with Crippen LogP contribution >= 0.6 is 0 Å². The number of aromatic nitrogens is 1. The molecule has 0 atom stereocenters. The Kier molecular flexibility index (Phi) is 3.89. The van der Waals surface area contributed by atoms with E-state index in [-0.39, 0.29) is 0 Å². The summed E-state index contributed by atoms with van der Waals surface area (Å²) < 4.78 is 5.32. The molecule has 1 aromatic carbocycles. The summed E-state index contributed by atoms with van der Waals surface area (Å²) in [7, 11) is 0. The molecule has 2 rings (SSSR count). The highest BCUT2D eigenvalue weighted by Crippen LogP contribution is 2.13. The standard InChI is InChI=1S/C14H17NO/c1-2-16-9-5-6-12-10-13-7-3-4-8-14(13)15-11-12/h3-4,7-8,10-11H,2,5-6,9H2,1H3. The number of para-hydroxylation sites is 1. The Balaban J connectivity index is 2.02. The first-order chi connectivity index (χ1) is 7.90. The number of aryl methyl sites for hydroxylation is 1. The Morgan fingerprint density at radius 1 is 1.25 bits per heavy atom. The molecule has 0 aliphatic rings. The van der Waals surface area contributed by atoms with Crippen molar-refractivity contribution in [1.29, 1.82) is 0 Å². The van der Waals surface area contributed by atoms with E-state index in [1.54, 1.807) is 0 Å². The molecule has 2 nitrogen and oxygen atoms in total. The van der Waals surface area contributed by atoms with Crippen LogP contribution in [-0.4, -0.2) is 18.2 Å². The smallest absolute Gasteiger partial charge is 0.0702 e. The van der Waals surface area contributed by atoms with Crippen LogP contribution in [0.2, 0.25) is 0 Å². The van der Waals surface area contributed by atoms with Gasteiger partial charge in [-0.15, -0.1) is 0 Å². The van der Waals surface area contributed by atoms with Gasteiger partial charge in [0.15, 0.2) is 0 Å². The molecule has 1 heterocycles. The van der Waals surface area contributed by atoms with Crippen LogP contribution < -0.4 is 0 Å². The van der Waals surface area contributed by atoms with Crippen LogP contribution in [0, 0.1) is 0 Å². The van der Waals surface area contributed by atoms with Gasteiger partial charge in [-0.1, -0.05) is 18.2 Å². The zero-order valence-corrected chi connectivity index (χ0v) is 9.65. The maximum atomic E-state index is 5.32. The summed E-state index contributed by atoms with van der Waals surface area (Å²) in [6.45, 7) is 3.66. The van der Waals surface area contributed by atoms with E-state index >= 15 is 0 Å². The van der Waals surface area contributed by atoms with Crippen LogP contribution in [0.25, 0.3) is 10.9 Å². The van der Waals surface area contributed by atoms with E-state index in [9.17, 15) is 0 Å². The molecule has 0 spiro atoms. The molecule has 2 heteroatoms. The summed E-state index contributed by atoms with van der Waals surface area (Å²) in [5, 5.41) is 1.22. The number of ether oxygens (including phenoxy) is 1. The molecule has 16 heavy (non-hydrogen) atoms. The Bertz CT molecular complexity index is 453. The van der Waals surface area contributed by atoms with Crippen molar-refractivity contribution in [3.63, 3.8) is 0 Å². The molecule has 0 bridgehead atoms.